The van der Waals surface area contributed by atoms with Crippen molar-refractivity contribution in [3.05, 3.63) is 89.2 Å². The van der Waals surface area contributed by atoms with Crippen molar-refractivity contribution in [2.75, 3.05) is 7.11 Å². The second kappa shape index (κ2) is 7.57. The highest BCUT2D eigenvalue weighted by atomic mass is 32.1. The van der Waals surface area contributed by atoms with Gasteiger partial charge in [-0.25, -0.2) is 5.10 Å². The number of methoxy groups -OCH3 is 1. The van der Waals surface area contributed by atoms with Crippen LogP contribution in [-0.2, 0) is 0 Å². The van der Waals surface area contributed by atoms with Crippen molar-refractivity contribution in [3.63, 3.8) is 0 Å². The van der Waals surface area contributed by atoms with E-state index in [2.05, 4.69) is 40.5 Å². The van der Waals surface area contributed by atoms with Gasteiger partial charge in [0.25, 0.3) is 0 Å². The summed E-state index contributed by atoms with van der Waals surface area (Å²) in [7, 11) is 1.64. The molecule has 0 atom stereocenters. The molecule has 0 spiro atoms. The first-order valence-electron chi connectivity index (χ1n) is 9.51. The van der Waals surface area contributed by atoms with E-state index >= 15 is 0 Å². The summed E-state index contributed by atoms with van der Waals surface area (Å²) in [4.78, 5) is 0. The average Bonchev–Trinajstić information content (AvgIpc) is 3.17. The first kappa shape index (κ1) is 18.3. The number of rotatable bonds is 4. The maximum Gasteiger partial charge on any atom is 0.216 e. The van der Waals surface area contributed by atoms with E-state index in [-0.39, 0.29) is 0 Å². The van der Waals surface area contributed by atoms with Gasteiger partial charge in [-0.05, 0) is 64.1 Å². The Labute approximate surface area is 178 Å². The zero-order valence-electron chi connectivity index (χ0n) is 16.2. The molecule has 6 heteroatoms. The van der Waals surface area contributed by atoms with Crippen LogP contribution in [0.4, 0.5) is 0 Å². The smallest absolute Gasteiger partial charge is 0.216 e. The Hall–Kier alpha value is -3.77. The van der Waals surface area contributed by atoms with Gasteiger partial charge in [-0.2, -0.15) is 14.9 Å². The number of benzene rings is 4. The lowest BCUT2D eigenvalue weighted by Gasteiger charge is -2.08. The lowest BCUT2D eigenvalue weighted by atomic mass is 9.97. The number of hydrogen-bond donors (Lipinski definition) is 1. The third kappa shape index (κ3) is 3.17. The molecule has 4 aromatic carbocycles. The number of nitrogens with zero attached hydrogens (tertiary/aromatic N) is 3. The van der Waals surface area contributed by atoms with Crippen molar-refractivity contribution in [1.29, 1.82) is 0 Å². The molecule has 0 aliphatic rings. The van der Waals surface area contributed by atoms with Crippen molar-refractivity contribution in [3.8, 4) is 17.1 Å². The maximum absolute atomic E-state index is 5.44. The van der Waals surface area contributed by atoms with Crippen LogP contribution in [0, 0.1) is 4.77 Å². The van der Waals surface area contributed by atoms with Crippen LogP contribution in [0.5, 0.6) is 5.75 Å². The van der Waals surface area contributed by atoms with Crippen molar-refractivity contribution >= 4 is 40.0 Å². The molecule has 1 N–H and O–H groups in total. The van der Waals surface area contributed by atoms with E-state index in [1.54, 1.807) is 11.8 Å². The number of ether oxygens (including phenoxy) is 1. The number of fused-ring (bicyclic) bond motifs is 2. The predicted octanol–water partition coefficient (Wildman–Crippen LogP) is 5.80. The van der Waals surface area contributed by atoms with Crippen molar-refractivity contribution in [1.82, 2.24) is 14.9 Å². The Morgan fingerprint density at radius 3 is 2.20 bits per heavy atom. The van der Waals surface area contributed by atoms with Gasteiger partial charge in [-0.3, -0.25) is 0 Å². The Kier molecular flexibility index (Phi) is 4.61. The number of aromatic amines is 1. The quantitative estimate of drug-likeness (QED) is 0.231. The van der Waals surface area contributed by atoms with Crippen molar-refractivity contribution < 1.29 is 4.74 Å². The molecular formula is C24H18N4OS. The molecule has 5 nitrogen and oxygen atoms in total. The zero-order chi connectivity index (χ0) is 20.5. The van der Waals surface area contributed by atoms with Crippen LogP contribution < -0.4 is 4.74 Å². The molecular weight excluding hydrogens is 392 g/mol. The molecule has 30 heavy (non-hydrogen) atoms. The van der Waals surface area contributed by atoms with Crippen molar-refractivity contribution in [2.45, 2.75) is 0 Å². The monoisotopic (exact) mass is 410 g/mol. The number of aromatic nitrogens is 3. The Bertz CT molecular complexity index is 1390. The van der Waals surface area contributed by atoms with Crippen LogP contribution in [-0.4, -0.2) is 28.2 Å². The highest BCUT2D eigenvalue weighted by Gasteiger charge is 2.10. The fourth-order valence-corrected chi connectivity index (χ4v) is 3.81. The molecule has 5 rings (SSSR count). The van der Waals surface area contributed by atoms with E-state index in [1.807, 2.05) is 54.7 Å². The number of hydrogen-bond acceptors (Lipinski definition) is 4. The molecule has 0 unspecified atom stereocenters. The summed E-state index contributed by atoms with van der Waals surface area (Å²) >= 11 is 5.44. The summed E-state index contributed by atoms with van der Waals surface area (Å²) in [6, 6.07) is 26.5. The van der Waals surface area contributed by atoms with Gasteiger partial charge in [0, 0.05) is 11.1 Å². The van der Waals surface area contributed by atoms with E-state index in [4.69, 9.17) is 22.1 Å². The minimum absolute atomic E-state index is 0.432. The molecule has 5 aromatic rings. The average molecular weight is 411 g/mol. The molecule has 1 heterocycles. The van der Waals surface area contributed by atoms with Gasteiger partial charge in [0.2, 0.25) is 4.77 Å². The molecule has 1 aromatic heterocycles. The highest BCUT2D eigenvalue weighted by Crippen LogP contribution is 2.27. The summed E-state index contributed by atoms with van der Waals surface area (Å²) in [6.07, 6.45) is 1.86. The topological polar surface area (TPSA) is 55.2 Å². The van der Waals surface area contributed by atoms with E-state index in [1.165, 1.54) is 10.8 Å². The Morgan fingerprint density at radius 2 is 1.57 bits per heavy atom. The SMILES string of the molecule is COc1ccc(-c2n[nH]c(=S)n2N=Cc2c3ccccc3cc3ccccc23)cc1. The standard InChI is InChI=1S/C24H18N4OS/c1-29-19-12-10-16(11-13-19)23-26-27-24(30)28(23)25-15-22-20-8-4-2-6-17(20)14-18-7-3-5-9-21(18)22/h2-15H,1H3,(H,27,30). The summed E-state index contributed by atoms with van der Waals surface area (Å²) in [5.41, 5.74) is 1.94. The van der Waals surface area contributed by atoms with E-state index < -0.39 is 0 Å². The Balaban J connectivity index is 1.67. The molecule has 0 saturated heterocycles. The van der Waals surface area contributed by atoms with Crippen LogP contribution >= 0.6 is 12.2 Å². The van der Waals surface area contributed by atoms with Crippen LogP contribution in [0.2, 0.25) is 0 Å². The van der Waals surface area contributed by atoms with Gasteiger partial charge in [-0.15, -0.1) is 0 Å². The summed E-state index contributed by atoms with van der Waals surface area (Å²) in [6.45, 7) is 0. The lowest BCUT2D eigenvalue weighted by molar-refractivity contribution is 0.415. The highest BCUT2D eigenvalue weighted by molar-refractivity contribution is 7.71. The molecule has 0 radical (unpaired) electrons. The fraction of sp³-hybridized carbons (Fsp3) is 0.0417. The van der Waals surface area contributed by atoms with E-state index in [0.29, 0.717) is 10.6 Å². The van der Waals surface area contributed by atoms with Gasteiger partial charge < -0.3 is 4.74 Å². The van der Waals surface area contributed by atoms with Gasteiger partial charge in [0.1, 0.15) is 5.75 Å². The molecule has 0 aliphatic heterocycles. The summed E-state index contributed by atoms with van der Waals surface area (Å²) in [5.74, 6) is 1.42. The third-order valence-electron chi connectivity index (χ3n) is 5.11. The first-order chi connectivity index (χ1) is 14.7. The fourth-order valence-electron chi connectivity index (χ4n) is 3.63. The molecule has 0 fully saturated rings. The van der Waals surface area contributed by atoms with Gasteiger partial charge in [0.15, 0.2) is 5.82 Å². The van der Waals surface area contributed by atoms with E-state index in [9.17, 15) is 0 Å². The summed E-state index contributed by atoms with van der Waals surface area (Å²) < 4.78 is 7.32. The largest absolute Gasteiger partial charge is 0.497 e. The van der Waals surface area contributed by atoms with E-state index in [0.717, 1.165) is 27.6 Å². The Morgan fingerprint density at radius 1 is 0.933 bits per heavy atom. The molecule has 0 saturated carbocycles. The molecule has 0 aliphatic carbocycles. The molecule has 0 amide bonds. The maximum atomic E-state index is 5.44. The normalized spacial score (nSPS) is 11.5. The minimum atomic E-state index is 0.432. The third-order valence-corrected chi connectivity index (χ3v) is 5.38. The summed E-state index contributed by atoms with van der Waals surface area (Å²) in [5, 5.41) is 16.6. The molecule has 0 bridgehead atoms. The second-order valence-electron chi connectivity index (χ2n) is 6.87. The first-order valence-corrected chi connectivity index (χ1v) is 9.92. The van der Waals surface area contributed by atoms with Crippen LogP contribution in [0.3, 0.4) is 0 Å². The van der Waals surface area contributed by atoms with Gasteiger partial charge in [0.05, 0.1) is 13.3 Å². The zero-order valence-corrected chi connectivity index (χ0v) is 17.1. The predicted molar refractivity (Wildman–Crippen MR) is 124 cm³/mol. The number of nitrogens with one attached hydrogen (secondary N) is 1. The number of H-pyrrole nitrogens is 1. The minimum Gasteiger partial charge on any atom is -0.497 e. The van der Waals surface area contributed by atoms with Crippen molar-refractivity contribution in [2.24, 2.45) is 5.10 Å². The van der Waals surface area contributed by atoms with Crippen LogP contribution in [0.1, 0.15) is 5.56 Å². The lowest BCUT2D eigenvalue weighted by Crippen LogP contribution is -1.96. The second-order valence-corrected chi connectivity index (χ2v) is 7.26. The van der Waals surface area contributed by atoms with Gasteiger partial charge >= 0.3 is 0 Å². The molecule has 146 valence electrons. The van der Waals surface area contributed by atoms with Crippen LogP contribution in [0.15, 0.2) is 84.0 Å². The van der Waals surface area contributed by atoms with Crippen LogP contribution in [0.25, 0.3) is 32.9 Å². The van der Waals surface area contributed by atoms with Gasteiger partial charge in [-0.1, -0.05) is 48.5 Å².